The number of carbonyl (C=O) groups is 1. The van der Waals surface area contributed by atoms with Gasteiger partial charge in [-0.2, -0.15) is 0 Å². The van der Waals surface area contributed by atoms with Crippen molar-refractivity contribution in [3.05, 3.63) is 29.3 Å². The summed E-state index contributed by atoms with van der Waals surface area (Å²) in [5.41, 5.74) is 8.09. The van der Waals surface area contributed by atoms with Gasteiger partial charge in [0, 0.05) is 6.54 Å². The highest BCUT2D eigenvalue weighted by atomic mass is 35.5. The summed E-state index contributed by atoms with van der Waals surface area (Å²) >= 11 is 0. The fourth-order valence-corrected chi connectivity index (χ4v) is 2.86. The van der Waals surface area contributed by atoms with Crippen molar-refractivity contribution in [2.45, 2.75) is 51.5 Å². The first-order chi connectivity index (χ1) is 10.0. The molecule has 1 fully saturated rings. The van der Waals surface area contributed by atoms with E-state index in [0.717, 1.165) is 31.4 Å². The van der Waals surface area contributed by atoms with Crippen molar-refractivity contribution in [1.29, 1.82) is 0 Å². The quantitative estimate of drug-likeness (QED) is 0.845. The molecule has 0 atom stereocenters. The summed E-state index contributed by atoms with van der Waals surface area (Å²) in [5, 5.41) is 3.10. The maximum atomic E-state index is 12.0. The normalized spacial score (nSPS) is 16.0. The second-order valence-corrected chi connectivity index (χ2v) is 6.08. The molecule has 1 aromatic rings. The van der Waals surface area contributed by atoms with E-state index in [1.807, 2.05) is 18.2 Å². The molecule has 3 N–H and O–H groups in total. The monoisotopic (exact) mass is 326 g/mol. The molecule has 22 heavy (non-hydrogen) atoms. The molecule has 0 spiro atoms. The maximum Gasteiger partial charge on any atom is 0.223 e. The average Bonchev–Trinajstić information content (AvgIpc) is 2.92. The number of ether oxygens (including phenoxy) is 1. The zero-order valence-electron chi connectivity index (χ0n) is 13.5. The minimum atomic E-state index is -0.169. The fourth-order valence-electron chi connectivity index (χ4n) is 2.86. The Balaban J connectivity index is 0.00000242. The van der Waals surface area contributed by atoms with Crippen LogP contribution >= 0.6 is 12.4 Å². The van der Waals surface area contributed by atoms with Crippen LogP contribution in [0.15, 0.2) is 18.2 Å². The summed E-state index contributed by atoms with van der Waals surface area (Å²) in [7, 11) is 0. The largest absolute Gasteiger partial charge is 0.493 e. The first kappa shape index (κ1) is 18.8. The molecule has 0 unspecified atom stereocenters. The Morgan fingerprint density at radius 2 is 1.95 bits per heavy atom. The van der Waals surface area contributed by atoms with Gasteiger partial charge in [-0.1, -0.05) is 18.9 Å². The number of benzene rings is 1. The second-order valence-electron chi connectivity index (χ2n) is 6.08. The predicted molar refractivity (Wildman–Crippen MR) is 91.7 cm³/mol. The number of carbonyl (C=O) groups excluding carboxylic acids is 1. The molecule has 1 aromatic carbocycles. The summed E-state index contributed by atoms with van der Waals surface area (Å²) in [5.74, 6) is 0.853. The van der Waals surface area contributed by atoms with Gasteiger partial charge in [0.25, 0.3) is 0 Å². The lowest BCUT2D eigenvalue weighted by molar-refractivity contribution is -0.123. The first-order valence-corrected chi connectivity index (χ1v) is 7.76. The van der Waals surface area contributed by atoms with Crippen molar-refractivity contribution in [3.8, 4) is 5.75 Å². The number of hydrogen-bond acceptors (Lipinski definition) is 3. The van der Waals surface area contributed by atoms with Crippen LogP contribution in [0.3, 0.4) is 0 Å². The van der Waals surface area contributed by atoms with E-state index < -0.39 is 0 Å². The van der Waals surface area contributed by atoms with Gasteiger partial charge in [-0.15, -0.1) is 12.4 Å². The number of nitrogens with one attached hydrogen (secondary N) is 1. The SMILES string of the molecule is Cc1ccc(OCCC(=O)NC2(CN)CCCC2)cc1C.Cl. The van der Waals surface area contributed by atoms with Gasteiger partial charge in [-0.05, 0) is 49.9 Å². The van der Waals surface area contributed by atoms with Crippen LogP contribution in [0.1, 0.15) is 43.2 Å². The zero-order valence-corrected chi connectivity index (χ0v) is 14.3. The lowest BCUT2D eigenvalue weighted by Crippen LogP contribution is -2.51. The van der Waals surface area contributed by atoms with Crippen molar-refractivity contribution in [2.24, 2.45) is 5.73 Å². The third-order valence-corrected chi connectivity index (χ3v) is 4.43. The van der Waals surface area contributed by atoms with Crippen LogP contribution in [0.5, 0.6) is 5.75 Å². The van der Waals surface area contributed by atoms with E-state index in [4.69, 9.17) is 10.5 Å². The van der Waals surface area contributed by atoms with Gasteiger partial charge in [0.15, 0.2) is 0 Å². The molecule has 1 aliphatic carbocycles. The van der Waals surface area contributed by atoms with Gasteiger partial charge in [0.1, 0.15) is 5.75 Å². The number of amides is 1. The Hall–Kier alpha value is -1.26. The molecule has 0 radical (unpaired) electrons. The highest BCUT2D eigenvalue weighted by molar-refractivity contribution is 5.85. The van der Waals surface area contributed by atoms with E-state index in [-0.39, 0.29) is 23.9 Å². The van der Waals surface area contributed by atoms with Gasteiger partial charge in [0.05, 0.1) is 18.6 Å². The average molecular weight is 327 g/mol. The second kappa shape index (κ2) is 8.39. The smallest absolute Gasteiger partial charge is 0.223 e. The van der Waals surface area contributed by atoms with E-state index in [1.165, 1.54) is 11.1 Å². The van der Waals surface area contributed by atoms with Gasteiger partial charge >= 0.3 is 0 Å². The van der Waals surface area contributed by atoms with Crippen LogP contribution in [0.2, 0.25) is 0 Å². The molecule has 0 aromatic heterocycles. The third-order valence-electron chi connectivity index (χ3n) is 4.43. The number of rotatable bonds is 6. The molecule has 1 saturated carbocycles. The summed E-state index contributed by atoms with van der Waals surface area (Å²) in [6, 6.07) is 5.98. The Labute approximate surface area is 139 Å². The number of nitrogens with two attached hydrogens (primary N) is 1. The number of hydrogen-bond donors (Lipinski definition) is 2. The Bertz CT molecular complexity index is 499. The lowest BCUT2D eigenvalue weighted by atomic mass is 9.98. The Morgan fingerprint density at radius 3 is 2.55 bits per heavy atom. The highest BCUT2D eigenvalue weighted by Gasteiger charge is 2.33. The van der Waals surface area contributed by atoms with Gasteiger partial charge in [-0.25, -0.2) is 0 Å². The van der Waals surface area contributed by atoms with Crippen molar-refractivity contribution in [1.82, 2.24) is 5.32 Å². The number of halogens is 1. The topological polar surface area (TPSA) is 64.3 Å². The summed E-state index contributed by atoms with van der Waals surface area (Å²) in [4.78, 5) is 12.0. The number of aryl methyl sites for hydroxylation is 2. The van der Waals surface area contributed by atoms with Crippen LogP contribution < -0.4 is 15.8 Å². The Kier molecular flexibility index (Phi) is 7.17. The minimum Gasteiger partial charge on any atom is -0.493 e. The molecule has 4 nitrogen and oxygen atoms in total. The van der Waals surface area contributed by atoms with Crippen molar-refractivity contribution in [3.63, 3.8) is 0 Å². The van der Waals surface area contributed by atoms with Crippen LogP contribution in [0.25, 0.3) is 0 Å². The van der Waals surface area contributed by atoms with Crippen LogP contribution in [0, 0.1) is 13.8 Å². The van der Waals surface area contributed by atoms with Gasteiger partial charge in [0.2, 0.25) is 5.91 Å². The van der Waals surface area contributed by atoms with Crippen LogP contribution in [-0.4, -0.2) is 24.6 Å². The van der Waals surface area contributed by atoms with Gasteiger partial charge in [-0.3, -0.25) is 4.79 Å². The summed E-state index contributed by atoms with van der Waals surface area (Å²) in [6.07, 6.45) is 4.66. The third kappa shape index (κ3) is 4.89. The van der Waals surface area contributed by atoms with Crippen molar-refractivity contribution < 1.29 is 9.53 Å². The molecule has 0 aliphatic heterocycles. The standard InChI is InChI=1S/C17H26N2O2.ClH/c1-13-5-6-15(11-14(13)2)21-10-7-16(20)19-17(12-18)8-3-4-9-17;/h5-6,11H,3-4,7-10,12,18H2,1-2H3,(H,19,20);1H. The fraction of sp³-hybridized carbons (Fsp3) is 0.588. The minimum absolute atomic E-state index is 0. The molecule has 1 aliphatic rings. The molecule has 124 valence electrons. The van der Waals surface area contributed by atoms with E-state index >= 15 is 0 Å². The molecule has 5 heteroatoms. The van der Waals surface area contributed by atoms with Crippen molar-refractivity contribution >= 4 is 18.3 Å². The molecular formula is C17H27ClN2O2. The predicted octanol–water partition coefficient (Wildman–Crippen LogP) is 2.88. The van der Waals surface area contributed by atoms with E-state index in [0.29, 0.717) is 19.6 Å². The van der Waals surface area contributed by atoms with Gasteiger partial charge < -0.3 is 15.8 Å². The molecular weight excluding hydrogens is 300 g/mol. The molecule has 0 heterocycles. The van der Waals surface area contributed by atoms with Crippen LogP contribution in [-0.2, 0) is 4.79 Å². The van der Waals surface area contributed by atoms with Crippen molar-refractivity contribution in [2.75, 3.05) is 13.2 Å². The molecule has 1 amide bonds. The summed E-state index contributed by atoms with van der Waals surface area (Å²) in [6.45, 7) is 5.05. The zero-order chi connectivity index (χ0) is 15.3. The van der Waals surface area contributed by atoms with E-state index in [2.05, 4.69) is 19.2 Å². The van der Waals surface area contributed by atoms with E-state index in [9.17, 15) is 4.79 Å². The molecule has 0 bridgehead atoms. The first-order valence-electron chi connectivity index (χ1n) is 7.76. The lowest BCUT2D eigenvalue weighted by Gasteiger charge is -2.28. The molecule has 2 rings (SSSR count). The molecule has 0 saturated heterocycles. The van der Waals surface area contributed by atoms with E-state index in [1.54, 1.807) is 0 Å². The van der Waals surface area contributed by atoms with Crippen LogP contribution in [0.4, 0.5) is 0 Å². The summed E-state index contributed by atoms with van der Waals surface area (Å²) < 4.78 is 5.65. The highest BCUT2D eigenvalue weighted by Crippen LogP contribution is 2.28. The Morgan fingerprint density at radius 1 is 1.27 bits per heavy atom. The maximum absolute atomic E-state index is 12.0.